The van der Waals surface area contributed by atoms with Crippen molar-refractivity contribution in [2.24, 2.45) is 4.99 Å². The summed E-state index contributed by atoms with van der Waals surface area (Å²) >= 11 is 0. The molecule has 0 aliphatic rings. The molecule has 0 unspecified atom stereocenters. The van der Waals surface area contributed by atoms with Crippen molar-refractivity contribution in [3.8, 4) is 22.5 Å². The Morgan fingerprint density at radius 2 is 0.839 bits per heavy atom. The number of carbonyl (C=O) groups is 1. The Hall–Kier alpha value is -6.79. The highest BCUT2D eigenvalue weighted by Crippen LogP contribution is 2.35. The zero-order valence-corrected chi connectivity index (χ0v) is 37.2. The smallest absolute Gasteiger partial charge is 0.168 e. The van der Waals surface area contributed by atoms with Gasteiger partial charge in [-0.2, -0.15) is 0 Å². The molecular formula is C56H61FN4O. The summed E-state index contributed by atoms with van der Waals surface area (Å²) in [6, 6.07) is 53.6. The molecule has 2 N–H and O–H groups in total. The number of benzene rings is 6. The Morgan fingerprint density at radius 3 is 1.29 bits per heavy atom. The number of aliphatic imine (C=N–C) groups is 1. The maximum atomic E-state index is 10.8. The molecular weight excluding hydrogens is 764 g/mol. The van der Waals surface area contributed by atoms with Crippen molar-refractivity contribution in [2.75, 3.05) is 5.73 Å². The van der Waals surface area contributed by atoms with Crippen LogP contribution in [0.5, 0.6) is 0 Å². The first-order valence-corrected chi connectivity index (χ1v) is 21.4. The number of aldehydes is 1. The van der Waals surface area contributed by atoms with Crippen LogP contribution in [0, 0.1) is 0 Å². The number of hydrogen-bond donors (Lipinski definition) is 1. The number of hydrogen-bond acceptors (Lipinski definition) is 5. The number of nitrogen functional groups attached to an aromatic ring is 1. The highest BCUT2D eigenvalue weighted by atomic mass is 19.0. The predicted molar refractivity (Wildman–Crippen MR) is 265 cm³/mol. The van der Waals surface area contributed by atoms with Gasteiger partial charge in [0.15, 0.2) is 6.29 Å². The van der Waals surface area contributed by atoms with Crippen LogP contribution in [-0.2, 0) is 0 Å². The van der Waals surface area contributed by atoms with Crippen molar-refractivity contribution in [1.29, 1.82) is 0 Å². The fourth-order valence-electron chi connectivity index (χ4n) is 7.64. The highest BCUT2D eigenvalue weighted by molar-refractivity contribution is 5.97. The molecule has 2 aromatic heterocycles. The topological polar surface area (TPSA) is 81.2 Å². The van der Waals surface area contributed by atoms with Crippen LogP contribution in [0.15, 0.2) is 163 Å². The molecule has 0 bridgehead atoms. The summed E-state index contributed by atoms with van der Waals surface area (Å²) in [5.74, 6) is 1.87. The minimum Gasteiger partial charge on any atom is -0.398 e. The van der Waals surface area contributed by atoms with Gasteiger partial charge in [-0.3, -0.25) is 14.5 Å². The Kier molecular flexibility index (Phi) is 16.2. The Bertz CT molecular complexity index is 2710. The SMILES string of the molecule is CC(C)c1cccc(C(C)C)c1N.CC(C)c1cccc(C(C)C)c1N=Cc1cccc(-c2cccc3ccccc23)n1.F.O=Cc1cccc(-c2cccc3ccccc23)n1.[3HH]. The summed E-state index contributed by atoms with van der Waals surface area (Å²) in [6.45, 7) is 17.6. The van der Waals surface area contributed by atoms with E-state index in [0.717, 1.165) is 51.3 Å². The van der Waals surface area contributed by atoms with Gasteiger partial charge in [-0.05, 0) is 91.7 Å². The molecule has 0 fully saturated rings. The number of fused-ring (bicyclic) bond motifs is 2. The summed E-state index contributed by atoms with van der Waals surface area (Å²) in [4.78, 5) is 25.0. The molecule has 0 atom stereocenters. The van der Waals surface area contributed by atoms with E-state index in [4.69, 9.17) is 15.7 Å². The highest BCUT2D eigenvalue weighted by Gasteiger charge is 2.14. The summed E-state index contributed by atoms with van der Waals surface area (Å²) in [7, 11) is 0. The van der Waals surface area contributed by atoms with Gasteiger partial charge in [-0.25, -0.2) is 9.97 Å². The number of halogens is 1. The van der Waals surface area contributed by atoms with Gasteiger partial charge in [0.2, 0.25) is 0 Å². The summed E-state index contributed by atoms with van der Waals surface area (Å²) in [6.07, 6.45) is 2.68. The predicted octanol–water partition coefficient (Wildman–Crippen LogP) is 15.5. The molecule has 0 saturated carbocycles. The number of rotatable bonds is 9. The normalized spacial score (nSPS) is 11.1. The van der Waals surface area contributed by atoms with Gasteiger partial charge in [0.1, 0.15) is 5.69 Å². The average Bonchev–Trinajstić information content (AvgIpc) is 3.28. The monoisotopic (exact) mass is 826 g/mol. The molecule has 8 rings (SSSR count). The average molecular weight is 827 g/mol. The van der Waals surface area contributed by atoms with Crippen molar-refractivity contribution in [2.45, 2.75) is 79.1 Å². The third-order valence-corrected chi connectivity index (χ3v) is 10.9. The molecule has 6 heteroatoms. The lowest BCUT2D eigenvalue weighted by molar-refractivity contribution is 0.111. The van der Waals surface area contributed by atoms with E-state index in [9.17, 15) is 4.79 Å². The van der Waals surface area contributed by atoms with Crippen molar-refractivity contribution in [3.63, 3.8) is 0 Å². The molecule has 2 heterocycles. The van der Waals surface area contributed by atoms with Crippen molar-refractivity contribution in [3.05, 3.63) is 191 Å². The van der Waals surface area contributed by atoms with E-state index in [2.05, 4.69) is 170 Å². The van der Waals surface area contributed by atoms with E-state index in [1.54, 1.807) is 6.07 Å². The number of anilines is 1. The Labute approximate surface area is 368 Å². The van der Waals surface area contributed by atoms with E-state index >= 15 is 0 Å². The van der Waals surface area contributed by atoms with Crippen LogP contribution < -0.4 is 5.73 Å². The lowest BCUT2D eigenvalue weighted by Gasteiger charge is -2.16. The van der Waals surface area contributed by atoms with E-state index in [1.807, 2.05) is 48.7 Å². The van der Waals surface area contributed by atoms with Crippen LogP contribution in [0.1, 0.15) is 119 Å². The van der Waals surface area contributed by atoms with Crippen LogP contribution in [-0.4, -0.2) is 22.5 Å². The Balaban J connectivity index is 0.000000225. The summed E-state index contributed by atoms with van der Waals surface area (Å²) in [5.41, 5.74) is 18.6. The number of para-hydroxylation sites is 2. The second-order valence-electron chi connectivity index (χ2n) is 16.6. The van der Waals surface area contributed by atoms with Gasteiger partial charge in [0.25, 0.3) is 0 Å². The molecule has 6 aromatic carbocycles. The fourth-order valence-corrected chi connectivity index (χ4v) is 7.64. The third-order valence-electron chi connectivity index (χ3n) is 10.9. The van der Waals surface area contributed by atoms with Crippen molar-refractivity contribution >= 4 is 45.4 Å². The quantitative estimate of drug-likeness (QED) is 0.0893. The minimum absolute atomic E-state index is 0. The van der Waals surface area contributed by atoms with Gasteiger partial charge in [0, 0.05) is 18.2 Å². The molecule has 8 aromatic rings. The molecule has 5 nitrogen and oxygen atoms in total. The second-order valence-corrected chi connectivity index (χ2v) is 16.6. The number of pyridine rings is 2. The minimum atomic E-state index is 0. The van der Waals surface area contributed by atoms with Crippen LogP contribution in [0.4, 0.5) is 16.1 Å². The maximum Gasteiger partial charge on any atom is 0.168 e. The number of aromatic nitrogens is 2. The van der Waals surface area contributed by atoms with Crippen LogP contribution in [0.2, 0.25) is 0 Å². The largest absolute Gasteiger partial charge is 0.398 e. The number of carbonyl (C=O) groups excluding carboxylic acids is 1. The maximum absolute atomic E-state index is 10.8. The van der Waals surface area contributed by atoms with Gasteiger partial charge >= 0.3 is 0 Å². The molecule has 0 spiro atoms. The number of nitrogens with zero attached hydrogens (tertiary/aromatic N) is 3. The van der Waals surface area contributed by atoms with Gasteiger partial charge < -0.3 is 5.73 Å². The first-order chi connectivity index (χ1) is 29.5. The summed E-state index contributed by atoms with van der Waals surface area (Å²) < 4.78 is 0. The number of nitrogens with two attached hydrogens (primary N) is 1. The van der Waals surface area contributed by atoms with E-state index < -0.39 is 0 Å². The third kappa shape index (κ3) is 11.1. The summed E-state index contributed by atoms with van der Waals surface area (Å²) in [5, 5.41) is 4.76. The second kappa shape index (κ2) is 21.6. The van der Waals surface area contributed by atoms with E-state index in [0.29, 0.717) is 29.4 Å². The molecule has 0 radical (unpaired) electrons. The lowest BCUT2D eigenvalue weighted by atomic mass is 9.93. The molecule has 318 valence electrons. The van der Waals surface area contributed by atoms with Gasteiger partial charge in [0.05, 0.1) is 29.0 Å². The van der Waals surface area contributed by atoms with Gasteiger partial charge in [-0.1, -0.05) is 189 Å². The fraction of sp³-hybridized carbons (Fsp3) is 0.214. The van der Waals surface area contributed by atoms with Gasteiger partial charge in [-0.15, -0.1) is 0 Å². The molecule has 0 aliphatic carbocycles. The standard InChI is InChI=1S/C28H28N2.C16H11NO.C12H19N.FH.H2/c1-19(2)23-14-9-15-24(20(3)4)28(23)29-18-22-12-8-17-27(30-22)26-16-7-11-21-10-5-6-13-25(21)26;18-11-13-7-4-10-16(17-13)15-9-3-6-12-5-1-2-8-14(12)15;1-8(2)10-6-5-7-11(9(3)4)12(10)13;;/h5-20H,1-4H3;1-11H;5-9H,13H2,1-4H3;2*1H/i;;;;1+2. The zero-order valence-electron chi connectivity index (χ0n) is 37.2. The molecule has 0 saturated heterocycles. The molecule has 0 aliphatic heterocycles. The van der Waals surface area contributed by atoms with E-state index in [-0.39, 0.29) is 6.13 Å². The first-order valence-electron chi connectivity index (χ1n) is 21.4. The van der Waals surface area contributed by atoms with Crippen LogP contribution in [0.3, 0.4) is 0 Å². The lowest BCUT2D eigenvalue weighted by Crippen LogP contribution is -2.02. The van der Waals surface area contributed by atoms with Crippen LogP contribution in [0.25, 0.3) is 44.1 Å². The van der Waals surface area contributed by atoms with Crippen LogP contribution >= 0.6 is 0 Å². The first kappa shape index (κ1) is 46.3. The zero-order chi connectivity index (χ0) is 43.5. The molecule has 62 heavy (non-hydrogen) atoms. The van der Waals surface area contributed by atoms with E-state index in [1.165, 1.54) is 38.4 Å². The van der Waals surface area contributed by atoms with Crippen molar-refractivity contribution < 1.29 is 10.9 Å². The Morgan fingerprint density at radius 1 is 0.468 bits per heavy atom. The van der Waals surface area contributed by atoms with Crippen molar-refractivity contribution in [1.82, 2.24) is 9.97 Å². The molecule has 0 amide bonds.